The number of furan rings is 1. The van der Waals surface area contributed by atoms with Crippen LogP contribution in [0.4, 0.5) is 11.6 Å². The Kier molecular flexibility index (Phi) is 3.88. The Morgan fingerprint density at radius 1 is 1.32 bits per heavy atom. The quantitative estimate of drug-likeness (QED) is 0.203. The molecule has 2 aromatic heterocycles. The van der Waals surface area contributed by atoms with Crippen molar-refractivity contribution in [3.05, 3.63) is 29.7 Å². The van der Waals surface area contributed by atoms with E-state index in [-0.39, 0.29) is 0 Å². The van der Waals surface area contributed by atoms with Crippen LogP contribution < -0.4 is 22.7 Å². The van der Waals surface area contributed by atoms with Crippen molar-refractivity contribution >= 4 is 29.3 Å². The van der Waals surface area contributed by atoms with Crippen LogP contribution in [0.25, 0.3) is 0 Å². The number of hydrogen-bond donors (Lipinski definition) is 4. The molecule has 0 radical (unpaired) electrons. The van der Waals surface area contributed by atoms with E-state index >= 15 is 0 Å². The minimum absolute atomic E-state index is 0.303. The summed E-state index contributed by atoms with van der Waals surface area (Å²) in [6.07, 6.45) is 1.33. The molecule has 0 aliphatic rings. The molecule has 0 fully saturated rings. The third-order valence-electron chi connectivity index (χ3n) is 2.14. The summed E-state index contributed by atoms with van der Waals surface area (Å²) in [6, 6.07) is 3.06. The monoisotopic (exact) mass is 280 g/mol. The van der Waals surface area contributed by atoms with Gasteiger partial charge in [0.2, 0.25) is 0 Å². The molecule has 0 aliphatic heterocycles. The van der Waals surface area contributed by atoms with Crippen molar-refractivity contribution in [2.75, 3.05) is 11.5 Å². The van der Waals surface area contributed by atoms with Crippen LogP contribution in [-0.2, 0) is 5.75 Å². The molecule has 0 saturated heterocycles. The van der Waals surface area contributed by atoms with Crippen molar-refractivity contribution in [1.29, 1.82) is 0 Å². The highest BCUT2D eigenvalue weighted by Gasteiger charge is 2.10. The number of hydrazine groups is 1. The lowest BCUT2D eigenvalue weighted by molar-refractivity contribution is 0.0953. The smallest absolute Gasteiger partial charge is 0.268 e. The molecule has 0 saturated carbocycles. The van der Waals surface area contributed by atoms with Gasteiger partial charge in [0, 0.05) is 6.07 Å². The van der Waals surface area contributed by atoms with Crippen LogP contribution in [0.5, 0.6) is 0 Å². The molecule has 0 atom stereocenters. The average Bonchev–Trinajstić information content (AvgIpc) is 2.83. The topological polar surface area (TPSA) is 146 Å². The molecular formula is C10H12N6O2S. The van der Waals surface area contributed by atoms with Crippen LogP contribution in [0.2, 0.25) is 0 Å². The van der Waals surface area contributed by atoms with Gasteiger partial charge in [-0.25, -0.2) is 15.8 Å². The molecule has 0 unspecified atom stereocenters. The fraction of sp³-hybridized carbons (Fsp3) is 0.100. The first kappa shape index (κ1) is 13.2. The molecule has 19 heavy (non-hydrogen) atoms. The highest BCUT2D eigenvalue weighted by atomic mass is 32.2. The fourth-order valence-electron chi connectivity index (χ4n) is 1.32. The zero-order valence-electron chi connectivity index (χ0n) is 9.79. The van der Waals surface area contributed by atoms with Crippen molar-refractivity contribution in [3.8, 4) is 0 Å². The Morgan fingerprint density at radius 3 is 2.63 bits per heavy atom. The Labute approximate surface area is 112 Å². The summed E-state index contributed by atoms with van der Waals surface area (Å²) >= 11 is 1.30. The predicted octanol–water partition coefficient (Wildman–Crippen LogP) is 0.130. The third kappa shape index (κ3) is 3.36. The summed E-state index contributed by atoms with van der Waals surface area (Å²) in [5, 5.41) is 0.443. The summed E-state index contributed by atoms with van der Waals surface area (Å²) in [6.45, 7) is 0. The number of nitrogens with zero attached hydrogens (tertiary/aromatic N) is 2. The molecule has 8 nitrogen and oxygen atoms in total. The second-order valence-corrected chi connectivity index (χ2v) is 4.51. The number of carbonyl (C=O) groups excluding carboxylic acids is 1. The van der Waals surface area contributed by atoms with Crippen LogP contribution in [0.3, 0.4) is 0 Å². The molecular weight excluding hydrogens is 268 g/mol. The molecule has 0 aromatic carbocycles. The first-order valence-corrected chi connectivity index (χ1v) is 6.18. The van der Waals surface area contributed by atoms with Gasteiger partial charge in [-0.05, 0) is 6.07 Å². The summed E-state index contributed by atoms with van der Waals surface area (Å²) in [5.41, 5.74) is 13.5. The first-order valence-electron chi connectivity index (χ1n) is 5.19. The zero-order chi connectivity index (χ0) is 13.8. The van der Waals surface area contributed by atoms with Crippen LogP contribution >= 0.6 is 11.8 Å². The molecule has 1 amide bonds. The third-order valence-corrected chi connectivity index (χ3v) is 3.01. The molecule has 0 spiro atoms. The molecule has 9 heteroatoms. The number of thioether (sulfide) groups is 1. The molecule has 2 aromatic rings. The second-order valence-electron chi connectivity index (χ2n) is 3.56. The van der Waals surface area contributed by atoms with Gasteiger partial charge in [-0.2, -0.15) is 0 Å². The van der Waals surface area contributed by atoms with Gasteiger partial charge < -0.3 is 15.9 Å². The van der Waals surface area contributed by atoms with E-state index in [9.17, 15) is 4.79 Å². The van der Waals surface area contributed by atoms with Crippen LogP contribution in [0.15, 0.2) is 28.0 Å². The normalized spacial score (nSPS) is 10.4. The molecule has 2 rings (SSSR count). The lowest BCUT2D eigenvalue weighted by Crippen LogP contribution is -2.29. The van der Waals surface area contributed by atoms with Crippen LogP contribution in [0.1, 0.15) is 16.1 Å². The molecule has 0 bridgehead atoms. The van der Waals surface area contributed by atoms with Crippen molar-refractivity contribution in [3.63, 3.8) is 0 Å². The number of nitrogens with two attached hydrogens (primary N) is 3. The number of rotatable bonds is 4. The Morgan fingerprint density at radius 2 is 2.00 bits per heavy atom. The van der Waals surface area contributed by atoms with E-state index in [0.29, 0.717) is 33.9 Å². The number of aromatic nitrogens is 2. The number of nitrogen functional groups attached to an aromatic ring is 3. The second kappa shape index (κ2) is 5.59. The Bertz CT molecular complexity index is 579. The maximum Gasteiger partial charge on any atom is 0.268 e. The van der Waals surface area contributed by atoms with E-state index in [1.807, 2.05) is 5.43 Å². The Balaban J connectivity index is 2.02. The van der Waals surface area contributed by atoms with Crippen molar-refractivity contribution < 1.29 is 9.21 Å². The number of carbonyl (C=O) groups is 1. The Hall–Kier alpha value is -2.26. The van der Waals surface area contributed by atoms with E-state index in [4.69, 9.17) is 21.7 Å². The van der Waals surface area contributed by atoms with Crippen molar-refractivity contribution in [1.82, 2.24) is 15.4 Å². The van der Waals surface area contributed by atoms with Gasteiger partial charge in [-0.1, -0.05) is 11.8 Å². The van der Waals surface area contributed by atoms with E-state index in [2.05, 4.69) is 9.97 Å². The fourth-order valence-corrected chi connectivity index (χ4v) is 2.08. The van der Waals surface area contributed by atoms with E-state index < -0.39 is 5.91 Å². The molecule has 7 N–H and O–H groups in total. The van der Waals surface area contributed by atoms with Gasteiger partial charge in [-0.3, -0.25) is 10.2 Å². The summed E-state index contributed by atoms with van der Waals surface area (Å²) < 4.78 is 5.21. The van der Waals surface area contributed by atoms with Gasteiger partial charge in [0.05, 0.1) is 11.3 Å². The molecule has 2 heterocycles. The average molecular weight is 280 g/mol. The maximum atomic E-state index is 11.2. The maximum absolute atomic E-state index is 11.2. The van der Waals surface area contributed by atoms with Crippen molar-refractivity contribution in [2.24, 2.45) is 5.84 Å². The van der Waals surface area contributed by atoms with E-state index in [1.165, 1.54) is 24.1 Å². The SMILES string of the molecule is NNC(=O)c1coc(CSc2nc(N)cc(N)n2)c1. The van der Waals surface area contributed by atoms with Crippen LogP contribution in [-0.4, -0.2) is 15.9 Å². The summed E-state index contributed by atoms with van der Waals surface area (Å²) in [5.74, 6) is 6.25. The van der Waals surface area contributed by atoms with Gasteiger partial charge in [0.25, 0.3) is 5.91 Å². The first-order chi connectivity index (χ1) is 9.08. The number of hydrogen-bond acceptors (Lipinski definition) is 8. The number of nitrogens with one attached hydrogen (secondary N) is 1. The largest absolute Gasteiger partial charge is 0.468 e. The summed E-state index contributed by atoms with van der Waals surface area (Å²) in [4.78, 5) is 19.3. The predicted molar refractivity (Wildman–Crippen MR) is 70.8 cm³/mol. The van der Waals surface area contributed by atoms with Gasteiger partial charge in [0.1, 0.15) is 23.7 Å². The van der Waals surface area contributed by atoms with Gasteiger partial charge >= 0.3 is 0 Å². The van der Waals surface area contributed by atoms with E-state index in [1.54, 1.807) is 6.07 Å². The van der Waals surface area contributed by atoms with Crippen molar-refractivity contribution in [2.45, 2.75) is 10.9 Å². The highest BCUT2D eigenvalue weighted by molar-refractivity contribution is 7.98. The van der Waals surface area contributed by atoms with Gasteiger partial charge in [0.15, 0.2) is 5.16 Å². The lowest BCUT2D eigenvalue weighted by atomic mass is 10.3. The van der Waals surface area contributed by atoms with Gasteiger partial charge in [-0.15, -0.1) is 0 Å². The summed E-state index contributed by atoms with van der Waals surface area (Å²) in [7, 11) is 0. The van der Waals surface area contributed by atoms with Crippen LogP contribution in [0, 0.1) is 0 Å². The molecule has 0 aliphatic carbocycles. The van der Waals surface area contributed by atoms with E-state index in [0.717, 1.165) is 0 Å². The standard InChI is InChI=1S/C10H12N6O2S/c11-7-2-8(12)15-10(14-7)19-4-6-1-5(3-18-6)9(17)16-13/h1-3H,4,13H2,(H,16,17)(H4,11,12,14,15). The molecule has 100 valence electrons. The number of anilines is 2. The highest BCUT2D eigenvalue weighted by Crippen LogP contribution is 2.22. The zero-order valence-corrected chi connectivity index (χ0v) is 10.6. The number of amides is 1. The lowest BCUT2D eigenvalue weighted by Gasteiger charge is -2.00. The minimum atomic E-state index is -0.413. The minimum Gasteiger partial charge on any atom is -0.468 e.